The SMILES string of the molecule is COC(=O)[C@]12CCC[C@H]1OC(=O)N2NC(=O)[C@@]12CC[C@@](C)(C(=O)O1)C2(C)C. The number of amides is 2. The predicted octanol–water partition coefficient (Wildman–Crippen LogP) is 1.06. The van der Waals surface area contributed by atoms with Crippen LogP contribution in [0.5, 0.6) is 0 Å². The van der Waals surface area contributed by atoms with Crippen molar-refractivity contribution in [3.8, 4) is 0 Å². The highest BCUT2D eigenvalue weighted by Gasteiger charge is 2.76. The van der Waals surface area contributed by atoms with Gasteiger partial charge in [0.05, 0.1) is 12.5 Å². The molecular weight excluding hydrogens is 356 g/mol. The second-order valence-electron chi connectivity index (χ2n) is 8.63. The van der Waals surface area contributed by atoms with Gasteiger partial charge in [0.15, 0.2) is 5.60 Å². The summed E-state index contributed by atoms with van der Waals surface area (Å²) in [5, 5.41) is 0.950. The molecule has 2 heterocycles. The highest BCUT2D eigenvalue weighted by Crippen LogP contribution is 2.65. The molecule has 2 saturated heterocycles. The van der Waals surface area contributed by atoms with E-state index < -0.39 is 52.0 Å². The van der Waals surface area contributed by atoms with Crippen molar-refractivity contribution in [3.63, 3.8) is 0 Å². The van der Waals surface area contributed by atoms with Gasteiger partial charge in [-0.1, -0.05) is 13.8 Å². The number of rotatable bonds is 3. The molecule has 4 rings (SSSR count). The summed E-state index contributed by atoms with van der Waals surface area (Å²) in [6.45, 7) is 5.44. The zero-order valence-corrected chi connectivity index (χ0v) is 15.9. The zero-order chi connectivity index (χ0) is 19.8. The third-order valence-electron chi connectivity index (χ3n) is 7.58. The highest BCUT2D eigenvalue weighted by atomic mass is 16.6. The minimum Gasteiger partial charge on any atom is -0.467 e. The lowest BCUT2D eigenvalue weighted by molar-refractivity contribution is -0.172. The van der Waals surface area contributed by atoms with Crippen LogP contribution in [0.2, 0.25) is 0 Å². The van der Waals surface area contributed by atoms with Crippen LogP contribution in [0.3, 0.4) is 0 Å². The number of carbonyl (C=O) groups is 4. The normalized spacial score (nSPS) is 41.2. The first-order valence-electron chi connectivity index (χ1n) is 9.21. The Hall–Kier alpha value is -2.32. The monoisotopic (exact) mass is 380 g/mol. The van der Waals surface area contributed by atoms with E-state index in [4.69, 9.17) is 14.2 Å². The number of methoxy groups -OCH3 is 1. The molecule has 2 aliphatic carbocycles. The summed E-state index contributed by atoms with van der Waals surface area (Å²) in [5.74, 6) is -1.67. The fourth-order valence-electron chi connectivity index (χ4n) is 5.29. The van der Waals surface area contributed by atoms with E-state index in [-0.39, 0.29) is 0 Å². The van der Waals surface area contributed by atoms with Crippen molar-refractivity contribution >= 4 is 23.9 Å². The number of esters is 2. The Morgan fingerprint density at radius 1 is 1.19 bits per heavy atom. The van der Waals surface area contributed by atoms with Gasteiger partial charge in [-0.05, 0) is 39.0 Å². The molecule has 2 aliphatic heterocycles. The quantitative estimate of drug-likeness (QED) is 0.575. The van der Waals surface area contributed by atoms with Crippen molar-refractivity contribution in [2.24, 2.45) is 10.8 Å². The number of hydrazine groups is 1. The summed E-state index contributed by atoms with van der Waals surface area (Å²) in [6, 6.07) is 0. The van der Waals surface area contributed by atoms with Crippen LogP contribution in [0.1, 0.15) is 52.9 Å². The van der Waals surface area contributed by atoms with E-state index in [0.29, 0.717) is 32.1 Å². The lowest BCUT2D eigenvalue weighted by atomic mass is 9.66. The number of nitrogens with zero attached hydrogens (tertiary/aromatic N) is 1. The third-order valence-corrected chi connectivity index (χ3v) is 7.58. The van der Waals surface area contributed by atoms with Gasteiger partial charge in [0.1, 0.15) is 6.10 Å². The topological polar surface area (TPSA) is 111 Å². The molecule has 148 valence electrons. The molecule has 0 unspecified atom stereocenters. The Balaban J connectivity index is 1.68. The molecule has 4 atom stereocenters. The maximum atomic E-state index is 13.3. The standard InChI is InChI=1S/C18H24N2O7/c1-15(2)16(3)8-9-18(15,27-12(16)22)11(21)19-20-14(24)26-10-6-5-7-17(10,20)13(23)25-4/h10H,5-9H2,1-4H3,(H,19,21)/t10-,16+,17+,18-/m1/s1. The van der Waals surface area contributed by atoms with Crippen molar-refractivity contribution in [2.75, 3.05) is 7.11 Å². The zero-order valence-electron chi connectivity index (χ0n) is 15.9. The van der Waals surface area contributed by atoms with Gasteiger partial charge in [-0.15, -0.1) is 0 Å². The van der Waals surface area contributed by atoms with Crippen molar-refractivity contribution in [2.45, 2.75) is 70.1 Å². The molecule has 9 heteroatoms. The van der Waals surface area contributed by atoms with E-state index in [1.54, 1.807) is 6.92 Å². The number of nitrogens with one attached hydrogen (secondary N) is 1. The third kappa shape index (κ3) is 1.80. The van der Waals surface area contributed by atoms with E-state index >= 15 is 0 Å². The fourth-order valence-corrected chi connectivity index (χ4v) is 5.29. The summed E-state index contributed by atoms with van der Waals surface area (Å²) in [6.07, 6.45) is 0.873. The average Bonchev–Trinajstić information content (AvgIpc) is 3.24. The molecule has 4 aliphatic rings. The lowest BCUT2D eigenvalue weighted by Gasteiger charge is -2.38. The van der Waals surface area contributed by atoms with Gasteiger partial charge in [-0.25, -0.2) is 9.59 Å². The molecule has 0 radical (unpaired) electrons. The molecule has 0 aromatic rings. The van der Waals surface area contributed by atoms with E-state index in [1.807, 2.05) is 13.8 Å². The smallest absolute Gasteiger partial charge is 0.430 e. The molecule has 27 heavy (non-hydrogen) atoms. The van der Waals surface area contributed by atoms with Gasteiger partial charge in [0, 0.05) is 5.41 Å². The van der Waals surface area contributed by atoms with Gasteiger partial charge < -0.3 is 14.2 Å². The van der Waals surface area contributed by atoms with Gasteiger partial charge in [-0.3, -0.25) is 15.0 Å². The summed E-state index contributed by atoms with van der Waals surface area (Å²) in [5.41, 5.74) is -1.76. The number of fused-ring (bicyclic) bond motifs is 3. The molecule has 2 bridgehead atoms. The molecule has 4 fully saturated rings. The molecule has 2 saturated carbocycles. The minimum absolute atomic E-state index is 0.324. The van der Waals surface area contributed by atoms with E-state index in [0.717, 1.165) is 5.01 Å². The molecule has 0 aromatic heterocycles. The first-order chi connectivity index (χ1) is 12.6. The van der Waals surface area contributed by atoms with Gasteiger partial charge in [0.25, 0.3) is 5.91 Å². The second kappa shape index (κ2) is 5.14. The average molecular weight is 380 g/mol. The van der Waals surface area contributed by atoms with Crippen LogP contribution in [0, 0.1) is 10.8 Å². The number of hydrogen-bond donors (Lipinski definition) is 1. The van der Waals surface area contributed by atoms with Gasteiger partial charge in [-0.2, -0.15) is 5.01 Å². The van der Waals surface area contributed by atoms with Crippen molar-refractivity contribution in [3.05, 3.63) is 0 Å². The highest BCUT2D eigenvalue weighted by molar-refractivity contribution is 5.98. The molecule has 9 nitrogen and oxygen atoms in total. The number of hydrogen-bond acceptors (Lipinski definition) is 7. The first kappa shape index (κ1) is 18.1. The summed E-state index contributed by atoms with van der Waals surface area (Å²) in [4.78, 5) is 50.6. The summed E-state index contributed by atoms with van der Waals surface area (Å²) >= 11 is 0. The lowest BCUT2D eigenvalue weighted by Crippen LogP contribution is -2.65. The van der Waals surface area contributed by atoms with Crippen LogP contribution < -0.4 is 5.43 Å². The molecule has 1 N–H and O–H groups in total. The molecule has 0 spiro atoms. The van der Waals surface area contributed by atoms with Crippen LogP contribution in [-0.4, -0.2) is 53.3 Å². The Kier molecular flexibility index (Phi) is 3.44. The number of carbonyl (C=O) groups excluding carboxylic acids is 4. The van der Waals surface area contributed by atoms with Crippen molar-refractivity contribution in [1.29, 1.82) is 0 Å². The Morgan fingerprint density at radius 2 is 1.89 bits per heavy atom. The summed E-state index contributed by atoms with van der Waals surface area (Å²) < 4.78 is 15.8. The first-order valence-corrected chi connectivity index (χ1v) is 9.21. The Morgan fingerprint density at radius 3 is 2.44 bits per heavy atom. The van der Waals surface area contributed by atoms with Crippen molar-refractivity contribution in [1.82, 2.24) is 10.4 Å². The maximum Gasteiger partial charge on any atom is 0.430 e. The van der Waals surface area contributed by atoms with Crippen LogP contribution in [-0.2, 0) is 28.6 Å². The molecule has 0 aromatic carbocycles. The largest absolute Gasteiger partial charge is 0.467 e. The van der Waals surface area contributed by atoms with E-state index in [2.05, 4.69) is 5.43 Å². The van der Waals surface area contributed by atoms with Crippen LogP contribution in [0.4, 0.5) is 4.79 Å². The molecule has 2 amide bonds. The van der Waals surface area contributed by atoms with Gasteiger partial charge in [0.2, 0.25) is 5.54 Å². The van der Waals surface area contributed by atoms with Crippen LogP contribution in [0.25, 0.3) is 0 Å². The predicted molar refractivity (Wildman–Crippen MR) is 88.8 cm³/mol. The van der Waals surface area contributed by atoms with Crippen LogP contribution >= 0.6 is 0 Å². The molecular formula is C18H24N2O7. The second-order valence-corrected chi connectivity index (χ2v) is 8.63. The van der Waals surface area contributed by atoms with E-state index in [9.17, 15) is 19.2 Å². The van der Waals surface area contributed by atoms with Crippen molar-refractivity contribution < 1.29 is 33.4 Å². The van der Waals surface area contributed by atoms with Crippen LogP contribution in [0.15, 0.2) is 0 Å². The van der Waals surface area contributed by atoms with E-state index in [1.165, 1.54) is 7.11 Å². The fraction of sp³-hybridized carbons (Fsp3) is 0.778. The maximum absolute atomic E-state index is 13.3. The summed E-state index contributed by atoms with van der Waals surface area (Å²) in [7, 11) is 1.23. The van der Waals surface area contributed by atoms with Gasteiger partial charge >= 0.3 is 18.0 Å². The number of ether oxygens (including phenoxy) is 3. The Bertz CT molecular complexity index is 765. The Labute approximate surface area is 156 Å². The minimum atomic E-state index is -1.40.